The van der Waals surface area contributed by atoms with E-state index in [1.807, 2.05) is 42.6 Å². The molecule has 0 spiro atoms. The number of rotatable bonds is 5. The highest BCUT2D eigenvalue weighted by Gasteiger charge is 2.17. The molecule has 0 atom stereocenters. The predicted molar refractivity (Wildman–Crippen MR) is 105 cm³/mol. The van der Waals surface area contributed by atoms with Crippen LogP contribution < -0.4 is 0 Å². The van der Waals surface area contributed by atoms with Crippen molar-refractivity contribution in [1.29, 1.82) is 0 Å². The maximum Gasteiger partial charge on any atom is 0.277 e. The topological polar surface area (TPSA) is 71.8 Å². The number of Topliss-reactive ketones (excluding diaryl/α,β-unsaturated/α-hetero) is 1. The molecule has 0 radical (unpaired) electrons. The van der Waals surface area contributed by atoms with E-state index in [0.29, 0.717) is 11.1 Å². The van der Waals surface area contributed by atoms with Crippen molar-refractivity contribution in [2.24, 2.45) is 0 Å². The Kier molecular flexibility index (Phi) is 4.05. The number of aryl methyl sites for hydroxylation is 2. The molecule has 2 heterocycles. The van der Waals surface area contributed by atoms with E-state index in [1.165, 1.54) is 29.3 Å². The van der Waals surface area contributed by atoms with E-state index >= 15 is 0 Å². The van der Waals surface area contributed by atoms with Crippen molar-refractivity contribution in [3.63, 3.8) is 0 Å². The molecule has 134 valence electrons. The van der Waals surface area contributed by atoms with Crippen LogP contribution in [0.25, 0.3) is 22.4 Å². The van der Waals surface area contributed by atoms with Crippen molar-refractivity contribution in [2.45, 2.75) is 24.5 Å². The fourth-order valence-electron chi connectivity index (χ4n) is 3.58. The van der Waals surface area contributed by atoms with Crippen LogP contribution >= 0.6 is 11.8 Å². The zero-order valence-corrected chi connectivity index (χ0v) is 15.4. The molecule has 2 aromatic carbocycles. The Morgan fingerprint density at radius 2 is 2.00 bits per heavy atom. The van der Waals surface area contributed by atoms with Gasteiger partial charge in [0.05, 0.1) is 11.3 Å². The highest BCUT2D eigenvalue weighted by Crippen LogP contribution is 2.30. The molecule has 0 bridgehead atoms. The van der Waals surface area contributed by atoms with Crippen LogP contribution in [0.15, 0.2) is 58.3 Å². The minimum absolute atomic E-state index is 0.0848. The molecule has 0 aliphatic heterocycles. The zero-order chi connectivity index (χ0) is 18.2. The van der Waals surface area contributed by atoms with Gasteiger partial charge in [0.2, 0.25) is 0 Å². The molecule has 5 nitrogen and oxygen atoms in total. The van der Waals surface area contributed by atoms with Crippen LogP contribution in [0.1, 0.15) is 27.9 Å². The molecule has 5 rings (SSSR count). The molecule has 27 heavy (non-hydrogen) atoms. The van der Waals surface area contributed by atoms with Crippen LogP contribution in [0.2, 0.25) is 0 Å². The van der Waals surface area contributed by atoms with Crippen molar-refractivity contribution < 1.29 is 9.21 Å². The second kappa shape index (κ2) is 6.70. The standard InChI is InChI=1S/C21H17N3O2S/c25-19(15-9-8-13-4-3-5-14(13)10-15)12-27-21-24-23-20(26-21)17-11-22-18-7-2-1-6-16(17)18/h1-2,6-11,22H,3-5,12H2. The minimum atomic E-state index is 0.0848. The number of hydrogen-bond acceptors (Lipinski definition) is 5. The zero-order valence-electron chi connectivity index (χ0n) is 14.6. The van der Waals surface area contributed by atoms with Crippen LogP contribution in [0.4, 0.5) is 0 Å². The van der Waals surface area contributed by atoms with Gasteiger partial charge in [0.1, 0.15) is 0 Å². The SMILES string of the molecule is O=C(CSc1nnc(-c2c[nH]c3ccccc23)o1)c1ccc2c(c1)CCC2. The van der Waals surface area contributed by atoms with Crippen LogP contribution in [-0.4, -0.2) is 26.7 Å². The largest absolute Gasteiger partial charge is 0.411 e. The number of fused-ring (bicyclic) bond motifs is 2. The fourth-order valence-corrected chi connectivity index (χ4v) is 4.24. The lowest BCUT2D eigenvalue weighted by molar-refractivity contribution is 0.102. The van der Waals surface area contributed by atoms with Gasteiger partial charge in [0.15, 0.2) is 5.78 Å². The first-order valence-electron chi connectivity index (χ1n) is 8.96. The maximum atomic E-state index is 12.5. The van der Waals surface area contributed by atoms with E-state index in [1.54, 1.807) is 0 Å². The van der Waals surface area contributed by atoms with Gasteiger partial charge in [-0.25, -0.2) is 0 Å². The molecular formula is C21H17N3O2S. The van der Waals surface area contributed by atoms with Gasteiger partial charge in [-0.05, 0) is 42.5 Å². The number of carbonyl (C=O) groups excluding carboxylic acids is 1. The quantitative estimate of drug-likeness (QED) is 0.405. The summed E-state index contributed by atoms with van der Waals surface area (Å²) in [5, 5.41) is 9.66. The number of H-pyrrole nitrogens is 1. The third kappa shape index (κ3) is 3.06. The number of nitrogens with zero attached hydrogens (tertiary/aromatic N) is 2. The number of benzene rings is 2. The van der Waals surface area contributed by atoms with E-state index in [-0.39, 0.29) is 11.5 Å². The summed E-state index contributed by atoms with van der Waals surface area (Å²) in [5.74, 6) is 0.829. The summed E-state index contributed by atoms with van der Waals surface area (Å²) < 4.78 is 5.76. The Bertz CT molecular complexity index is 1150. The molecular weight excluding hydrogens is 358 g/mol. The van der Waals surface area contributed by atoms with Crippen molar-refractivity contribution in [3.8, 4) is 11.5 Å². The molecule has 1 N–H and O–H groups in total. The van der Waals surface area contributed by atoms with Crippen LogP contribution in [0.5, 0.6) is 0 Å². The molecule has 0 saturated heterocycles. The van der Waals surface area contributed by atoms with Crippen molar-refractivity contribution in [1.82, 2.24) is 15.2 Å². The van der Waals surface area contributed by atoms with Gasteiger partial charge in [0.25, 0.3) is 11.1 Å². The molecule has 1 aliphatic rings. The second-order valence-electron chi connectivity index (χ2n) is 6.67. The number of ketones is 1. The van der Waals surface area contributed by atoms with Gasteiger partial charge in [-0.1, -0.05) is 42.1 Å². The van der Waals surface area contributed by atoms with Gasteiger partial charge in [-0.2, -0.15) is 0 Å². The molecule has 0 saturated carbocycles. The van der Waals surface area contributed by atoms with E-state index in [9.17, 15) is 4.79 Å². The maximum absolute atomic E-state index is 12.5. The third-order valence-electron chi connectivity index (χ3n) is 4.97. The molecule has 6 heteroatoms. The summed E-state index contributed by atoms with van der Waals surface area (Å²) in [6.45, 7) is 0. The third-order valence-corrected chi connectivity index (χ3v) is 5.79. The summed E-state index contributed by atoms with van der Waals surface area (Å²) in [6, 6.07) is 14.0. The Labute approximate surface area is 160 Å². The van der Waals surface area contributed by atoms with Gasteiger partial charge >= 0.3 is 0 Å². The first kappa shape index (κ1) is 16.3. The number of nitrogens with one attached hydrogen (secondary N) is 1. The monoisotopic (exact) mass is 375 g/mol. The molecule has 0 fully saturated rings. The number of thioether (sulfide) groups is 1. The predicted octanol–water partition coefficient (Wildman–Crippen LogP) is 4.68. The smallest absolute Gasteiger partial charge is 0.277 e. The van der Waals surface area contributed by atoms with E-state index in [0.717, 1.165) is 34.9 Å². The first-order valence-corrected chi connectivity index (χ1v) is 9.94. The van der Waals surface area contributed by atoms with Crippen molar-refractivity contribution in [2.75, 3.05) is 5.75 Å². The average Bonchev–Trinajstić information content (AvgIpc) is 3.43. The second-order valence-corrected chi connectivity index (χ2v) is 7.60. The lowest BCUT2D eigenvalue weighted by Crippen LogP contribution is -2.03. The summed E-state index contributed by atoms with van der Waals surface area (Å²) >= 11 is 1.28. The van der Waals surface area contributed by atoms with Gasteiger partial charge in [-0.15, -0.1) is 10.2 Å². The normalized spacial score (nSPS) is 13.2. The van der Waals surface area contributed by atoms with Gasteiger partial charge in [0, 0.05) is 22.7 Å². The highest BCUT2D eigenvalue weighted by atomic mass is 32.2. The number of aromatic amines is 1. The highest BCUT2D eigenvalue weighted by molar-refractivity contribution is 7.99. The minimum Gasteiger partial charge on any atom is -0.411 e. The molecule has 4 aromatic rings. The van der Waals surface area contributed by atoms with Crippen LogP contribution in [0.3, 0.4) is 0 Å². The number of para-hydroxylation sites is 1. The Morgan fingerprint density at radius 3 is 2.96 bits per heavy atom. The number of carbonyl (C=O) groups is 1. The van der Waals surface area contributed by atoms with Gasteiger partial charge < -0.3 is 9.40 Å². The lowest BCUT2D eigenvalue weighted by Gasteiger charge is -2.03. The number of aromatic nitrogens is 3. The fraction of sp³-hybridized carbons (Fsp3) is 0.190. The molecule has 0 amide bonds. The number of hydrogen-bond donors (Lipinski definition) is 1. The lowest BCUT2D eigenvalue weighted by atomic mass is 10.0. The Balaban J connectivity index is 1.30. The molecule has 0 unspecified atom stereocenters. The average molecular weight is 375 g/mol. The summed E-state index contributed by atoms with van der Waals surface area (Å²) in [7, 11) is 0. The first-order chi connectivity index (χ1) is 13.3. The van der Waals surface area contributed by atoms with E-state index < -0.39 is 0 Å². The summed E-state index contributed by atoms with van der Waals surface area (Å²) in [5.41, 5.74) is 5.34. The molecule has 1 aliphatic carbocycles. The van der Waals surface area contributed by atoms with Crippen LogP contribution in [-0.2, 0) is 12.8 Å². The molecule has 2 aromatic heterocycles. The summed E-state index contributed by atoms with van der Waals surface area (Å²) in [6.07, 6.45) is 5.24. The summed E-state index contributed by atoms with van der Waals surface area (Å²) in [4.78, 5) is 15.7. The van der Waals surface area contributed by atoms with E-state index in [2.05, 4.69) is 21.2 Å². The van der Waals surface area contributed by atoms with Gasteiger partial charge in [-0.3, -0.25) is 4.79 Å². The van der Waals surface area contributed by atoms with Crippen molar-refractivity contribution >= 4 is 28.4 Å². The Hall–Kier alpha value is -2.86. The van der Waals surface area contributed by atoms with Crippen molar-refractivity contribution in [3.05, 3.63) is 65.4 Å². The van der Waals surface area contributed by atoms with Crippen LogP contribution in [0, 0.1) is 0 Å². The Morgan fingerprint density at radius 1 is 1.11 bits per heavy atom. The van der Waals surface area contributed by atoms with E-state index in [4.69, 9.17) is 4.42 Å².